The fourth-order valence-electron chi connectivity index (χ4n) is 1.62. The summed E-state index contributed by atoms with van der Waals surface area (Å²) >= 11 is 1.61. The van der Waals surface area contributed by atoms with E-state index in [0.29, 0.717) is 12.5 Å². The maximum absolute atomic E-state index is 11.8. The number of urea groups is 1. The average molecular weight is 285 g/mol. The highest BCUT2D eigenvalue weighted by Gasteiger charge is 2.19. The molecule has 0 fully saturated rings. The Bertz CT molecular complexity index is 424. The molecule has 0 aliphatic carbocycles. The molecule has 0 spiro atoms. The van der Waals surface area contributed by atoms with Gasteiger partial charge in [0.2, 0.25) is 0 Å². The van der Waals surface area contributed by atoms with Gasteiger partial charge in [-0.15, -0.1) is 11.3 Å². The van der Waals surface area contributed by atoms with Gasteiger partial charge < -0.3 is 15.3 Å². The number of carbonyl (C=O) groups excluding carboxylic acids is 1. The summed E-state index contributed by atoms with van der Waals surface area (Å²) in [7, 11) is 1.66. The van der Waals surface area contributed by atoms with E-state index in [1.807, 2.05) is 5.38 Å². The van der Waals surface area contributed by atoms with Gasteiger partial charge in [-0.05, 0) is 13.8 Å². The average Bonchev–Trinajstić information content (AvgIpc) is 2.72. The number of carbonyl (C=O) groups is 1. The van der Waals surface area contributed by atoms with Crippen molar-refractivity contribution in [3.05, 3.63) is 16.1 Å². The molecule has 6 heteroatoms. The van der Waals surface area contributed by atoms with Crippen LogP contribution in [0.4, 0.5) is 4.79 Å². The van der Waals surface area contributed by atoms with Crippen molar-refractivity contribution in [2.24, 2.45) is 0 Å². The molecule has 0 unspecified atom stereocenters. The van der Waals surface area contributed by atoms with Crippen LogP contribution in [0.3, 0.4) is 0 Å². The van der Waals surface area contributed by atoms with Gasteiger partial charge in [-0.2, -0.15) is 0 Å². The molecule has 0 aliphatic rings. The Morgan fingerprint density at radius 2 is 2.21 bits per heavy atom. The fourth-order valence-corrected chi connectivity index (χ4v) is 2.46. The van der Waals surface area contributed by atoms with Crippen LogP contribution < -0.4 is 5.32 Å². The third-order valence-corrected chi connectivity index (χ3v) is 3.65. The number of amides is 2. The van der Waals surface area contributed by atoms with E-state index in [0.717, 1.165) is 10.7 Å². The Hall–Kier alpha value is -1.14. The molecule has 108 valence electrons. The molecule has 0 saturated carbocycles. The first-order valence-corrected chi connectivity index (χ1v) is 7.22. The van der Waals surface area contributed by atoms with E-state index in [2.05, 4.69) is 24.1 Å². The highest BCUT2D eigenvalue weighted by molar-refractivity contribution is 7.09. The highest BCUT2D eigenvalue weighted by atomic mass is 32.1. The molecular weight excluding hydrogens is 262 g/mol. The number of nitrogens with zero attached hydrogens (tertiary/aromatic N) is 2. The summed E-state index contributed by atoms with van der Waals surface area (Å²) in [6, 6.07) is -0.207. The minimum atomic E-state index is -0.891. The molecule has 0 radical (unpaired) electrons. The lowest BCUT2D eigenvalue weighted by atomic mass is 10.1. The zero-order chi connectivity index (χ0) is 14.6. The van der Waals surface area contributed by atoms with Crippen molar-refractivity contribution in [3.8, 4) is 0 Å². The van der Waals surface area contributed by atoms with Gasteiger partial charge in [0.15, 0.2) is 0 Å². The van der Waals surface area contributed by atoms with Gasteiger partial charge in [-0.1, -0.05) is 13.8 Å². The maximum Gasteiger partial charge on any atom is 0.317 e. The van der Waals surface area contributed by atoms with Crippen molar-refractivity contribution < 1.29 is 9.90 Å². The van der Waals surface area contributed by atoms with Gasteiger partial charge in [-0.25, -0.2) is 9.78 Å². The summed E-state index contributed by atoms with van der Waals surface area (Å²) in [6.07, 6.45) is 0. The summed E-state index contributed by atoms with van der Waals surface area (Å²) in [5.41, 5.74) is -0.0175. The van der Waals surface area contributed by atoms with Crippen LogP contribution in [-0.2, 0) is 6.54 Å². The topological polar surface area (TPSA) is 65.5 Å². The monoisotopic (exact) mass is 285 g/mol. The fraction of sp³-hybridized carbons (Fsp3) is 0.692. The van der Waals surface area contributed by atoms with Gasteiger partial charge >= 0.3 is 6.03 Å². The summed E-state index contributed by atoms with van der Waals surface area (Å²) in [4.78, 5) is 17.7. The third-order valence-electron chi connectivity index (χ3n) is 2.45. The van der Waals surface area contributed by atoms with Crippen molar-refractivity contribution in [2.75, 3.05) is 13.6 Å². The Labute approximate surface area is 118 Å². The van der Waals surface area contributed by atoms with Crippen LogP contribution in [0.5, 0.6) is 0 Å². The quantitative estimate of drug-likeness (QED) is 0.871. The molecular formula is C13H23N3O2S. The molecule has 1 aromatic rings. The third kappa shape index (κ3) is 5.57. The highest BCUT2D eigenvalue weighted by Crippen LogP contribution is 2.18. The second-order valence-corrected chi connectivity index (χ2v) is 6.55. The van der Waals surface area contributed by atoms with Crippen LogP contribution in [0.2, 0.25) is 0 Å². The normalized spacial score (nSPS) is 11.7. The first-order valence-electron chi connectivity index (χ1n) is 6.34. The van der Waals surface area contributed by atoms with E-state index in [1.54, 1.807) is 32.2 Å². The number of hydrogen-bond donors (Lipinski definition) is 2. The van der Waals surface area contributed by atoms with Crippen molar-refractivity contribution >= 4 is 17.4 Å². The lowest BCUT2D eigenvalue weighted by Gasteiger charge is -2.25. The number of nitrogens with one attached hydrogen (secondary N) is 1. The van der Waals surface area contributed by atoms with Gasteiger partial charge in [-0.3, -0.25) is 0 Å². The molecule has 2 N–H and O–H groups in total. The molecule has 0 aliphatic heterocycles. The van der Waals surface area contributed by atoms with Crippen molar-refractivity contribution in [1.29, 1.82) is 0 Å². The maximum atomic E-state index is 11.8. The van der Waals surface area contributed by atoms with E-state index >= 15 is 0 Å². The first kappa shape index (κ1) is 15.9. The molecule has 0 atom stereocenters. The lowest BCUT2D eigenvalue weighted by Crippen LogP contribution is -2.44. The minimum absolute atomic E-state index is 0.207. The minimum Gasteiger partial charge on any atom is -0.389 e. The number of thiazole rings is 1. The van der Waals surface area contributed by atoms with Gasteiger partial charge in [0.1, 0.15) is 0 Å². The Balaban J connectivity index is 2.45. The largest absolute Gasteiger partial charge is 0.389 e. The standard InChI is InChI=1S/C13H23N3O2S/c1-9(2)11-15-10(7-19-11)6-14-12(17)16(5)8-13(3,4)18/h7,9,18H,6,8H2,1-5H3,(H,14,17). The second-order valence-electron chi connectivity index (χ2n) is 5.66. The van der Waals surface area contributed by atoms with Crippen LogP contribution >= 0.6 is 11.3 Å². The lowest BCUT2D eigenvalue weighted by molar-refractivity contribution is 0.0531. The van der Waals surface area contributed by atoms with E-state index in [4.69, 9.17) is 0 Å². The molecule has 19 heavy (non-hydrogen) atoms. The summed E-state index contributed by atoms with van der Waals surface area (Å²) in [5.74, 6) is 0.410. The molecule has 1 rings (SSSR count). The Morgan fingerprint density at radius 3 is 2.68 bits per heavy atom. The van der Waals surface area contributed by atoms with Gasteiger partial charge in [0.05, 0.1) is 29.4 Å². The molecule has 2 amide bonds. The predicted molar refractivity (Wildman–Crippen MR) is 77.4 cm³/mol. The van der Waals surface area contributed by atoms with Gasteiger partial charge in [0, 0.05) is 18.3 Å². The van der Waals surface area contributed by atoms with Crippen LogP contribution in [0.1, 0.15) is 44.3 Å². The molecule has 0 saturated heterocycles. The second kappa shape index (κ2) is 6.34. The number of rotatable bonds is 5. The molecule has 5 nitrogen and oxygen atoms in total. The van der Waals surface area contributed by atoms with E-state index in [-0.39, 0.29) is 12.6 Å². The Morgan fingerprint density at radius 1 is 1.58 bits per heavy atom. The van der Waals surface area contributed by atoms with E-state index in [1.165, 1.54) is 4.90 Å². The van der Waals surface area contributed by atoms with Crippen LogP contribution in [0, 0.1) is 0 Å². The summed E-state index contributed by atoms with van der Waals surface area (Å²) in [6.45, 7) is 8.24. The number of aliphatic hydroxyl groups is 1. The first-order chi connectivity index (χ1) is 8.69. The zero-order valence-corrected chi connectivity index (χ0v) is 13.0. The van der Waals surface area contributed by atoms with Crippen LogP contribution in [-0.4, -0.2) is 40.2 Å². The zero-order valence-electron chi connectivity index (χ0n) is 12.2. The van der Waals surface area contributed by atoms with E-state index in [9.17, 15) is 9.90 Å². The molecule has 0 aromatic carbocycles. The number of likely N-dealkylation sites (N-methyl/N-ethyl adjacent to an activating group) is 1. The van der Waals surface area contributed by atoms with Crippen molar-refractivity contribution in [3.63, 3.8) is 0 Å². The summed E-state index contributed by atoms with van der Waals surface area (Å²) in [5, 5.41) is 15.5. The molecule has 1 heterocycles. The summed E-state index contributed by atoms with van der Waals surface area (Å²) < 4.78 is 0. The van der Waals surface area contributed by atoms with E-state index < -0.39 is 5.60 Å². The molecule has 1 aromatic heterocycles. The van der Waals surface area contributed by atoms with Gasteiger partial charge in [0.25, 0.3) is 0 Å². The predicted octanol–water partition coefficient (Wildman–Crippen LogP) is 2.18. The van der Waals surface area contributed by atoms with Crippen LogP contribution in [0.25, 0.3) is 0 Å². The van der Waals surface area contributed by atoms with Crippen molar-refractivity contribution in [2.45, 2.75) is 45.8 Å². The van der Waals surface area contributed by atoms with Crippen LogP contribution in [0.15, 0.2) is 5.38 Å². The smallest absolute Gasteiger partial charge is 0.317 e. The number of hydrogen-bond acceptors (Lipinski definition) is 4. The van der Waals surface area contributed by atoms with Crippen molar-refractivity contribution in [1.82, 2.24) is 15.2 Å². The number of aromatic nitrogens is 1. The Kier molecular flexibility index (Phi) is 5.31. The molecule has 0 bridgehead atoms. The SMILES string of the molecule is CC(C)c1nc(CNC(=O)N(C)CC(C)(C)O)cs1.